The number of methoxy groups -OCH3 is 1. The van der Waals surface area contributed by atoms with Gasteiger partial charge in [-0.2, -0.15) is 0 Å². The van der Waals surface area contributed by atoms with Gasteiger partial charge in [0.05, 0.1) is 7.11 Å². The van der Waals surface area contributed by atoms with E-state index in [-0.39, 0.29) is 17.7 Å². The van der Waals surface area contributed by atoms with Crippen LogP contribution in [-0.4, -0.2) is 33.8 Å². The predicted molar refractivity (Wildman–Crippen MR) is 89.1 cm³/mol. The summed E-state index contributed by atoms with van der Waals surface area (Å²) >= 11 is 0. The number of aromatic nitrogens is 3. The number of hydrogen-bond acceptors (Lipinski definition) is 4. The van der Waals surface area contributed by atoms with Crippen LogP contribution >= 0.6 is 0 Å². The first-order valence-corrected chi connectivity index (χ1v) is 8.72. The van der Waals surface area contributed by atoms with E-state index in [0.717, 1.165) is 37.5 Å². The van der Waals surface area contributed by atoms with Gasteiger partial charge in [-0.15, -0.1) is 10.2 Å². The Labute approximate surface area is 145 Å². The number of fused-ring (bicyclic) bond motifs is 1. The van der Waals surface area contributed by atoms with Crippen molar-refractivity contribution in [1.82, 2.24) is 20.1 Å². The lowest BCUT2D eigenvalue weighted by atomic mass is 10.1. The molecule has 2 aromatic rings. The molecule has 0 radical (unpaired) electrons. The molecule has 1 atom stereocenters. The van der Waals surface area contributed by atoms with Crippen LogP contribution in [0.4, 0.5) is 4.39 Å². The average molecular weight is 344 g/mol. The first-order valence-electron chi connectivity index (χ1n) is 8.72. The van der Waals surface area contributed by atoms with Crippen molar-refractivity contribution in [3.63, 3.8) is 0 Å². The fourth-order valence-corrected chi connectivity index (χ4v) is 3.37. The Morgan fingerprint density at radius 2 is 2.12 bits per heavy atom. The largest absolute Gasteiger partial charge is 0.494 e. The summed E-state index contributed by atoms with van der Waals surface area (Å²) in [5, 5.41) is 11.7. The summed E-state index contributed by atoms with van der Waals surface area (Å²) in [5.74, 6) is 2.09. The smallest absolute Gasteiger partial charge is 0.251 e. The Morgan fingerprint density at radius 1 is 1.28 bits per heavy atom. The number of carbonyl (C=O) groups excluding carboxylic acids is 1. The SMILES string of the molecule is COc1cc(C(=O)NC2CCc3nnc(C4CC4)n3CC2)ccc1F. The van der Waals surface area contributed by atoms with Crippen molar-refractivity contribution in [1.29, 1.82) is 0 Å². The van der Waals surface area contributed by atoms with Crippen LogP contribution in [0.3, 0.4) is 0 Å². The van der Waals surface area contributed by atoms with E-state index in [4.69, 9.17) is 4.74 Å². The molecule has 4 rings (SSSR count). The number of halogens is 1. The molecule has 0 spiro atoms. The topological polar surface area (TPSA) is 69.0 Å². The molecule has 2 heterocycles. The molecular formula is C18H21FN4O2. The van der Waals surface area contributed by atoms with Gasteiger partial charge in [0.1, 0.15) is 11.6 Å². The number of benzene rings is 1. The minimum absolute atomic E-state index is 0.0669. The van der Waals surface area contributed by atoms with Gasteiger partial charge in [0, 0.05) is 30.5 Å². The van der Waals surface area contributed by atoms with Crippen molar-refractivity contribution in [3.05, 3.63) is 41.2 Å². The van der Waals surface area contributed by atoms with Crippen molar-refractivity contribution in [3.8, 4) is 5.75 Å². The van der Waals surface area contributed by atoms with Gasteiger partial charge in [-0.25, -0.2) is 4.39 Å². The van der Waals surface area contributed by atoms with Gasteiger partial charge < -0.3 is 14.6 Å². The highest BCUT2D eigenvalue weighted by molar-refractivity contribution is 5.94. The highest BCUT2D eigenvalue weighted by Crippen LogP contribution is 2.39. The third-order valence-electron chi connectivity index (χ3n) is 4.96. The van der Waals surface area contributed by atoms with E-state index in [9.17, 15) is 9.18 Å². The number of amides is 1. The Hall–Kier alpha value is -2.44. The van der Waals surface area contributed by atoms with Gasteiger partial charge in [-0.3, -0.25) is 4.79 Å². The fraction of sp³-hybridized carbons (Fsp3) is 0.500. The van der Waals surface area contributed by atoms with Crippen molar-refractivity contribution < 1.29 is 13.9 Å². The minimum Gasteiger partial charge on any atom is -0.494 e. The van der Waals surface area contributed by atoms with Gasteiger partial charge >= 0.3 is 0 Å². The van der Waals surface area contributed by atoms with Gasteiger partial charge in [0.2, 0.25) is 0 Å². The molecule has 25 heavy (non-hydrogen) atoms. The van der Waals surface area contributed by atoms with Gasteiger partial charge in [-0.1, -0.05) is 0 Å². The quantitative estimate of drug-likeness (QED) is 0.925. The molecule has 1 N–H and O–H groups in total. The molecule has 1 aliphatic heterocycles. The van der Waals surface area contributed by atoms with E-state index < -0.39 is 5.82 Å². The van der Waals surface area contributed by atoms with E-state index in [1.54, 1.807) is 0 Å². The number of rotatable bonds is 4. The number of nitrogens with one attached hydrogen (secondary N) is 1. The summed E-state index contributed by atoms with van der Waals surface area (Å²) in [6.45, 7) is 0.825. The van der Waals surface area contributed by atoms with Crippen LogP contribution in [0.1, 0.15) is 53.6 Å². The normalized spacial score (nSPS) is 19.8. The van der Waals surface area contributed by atoms with Crippen molar-refractivity contribution in [2.24, 2.45) is 0 Å². The maximum Gasteiger partial charge on any atom is 0.251 e. The van der Waals surface area contributed by atoms with Crippen LogP contribution in [-0.2, 0) is 13.0 Å². The van der Waals surface area contributed by atoms with Gasteiger partial charge in [0.25, 0.3) is 5.91 Å². The monoisotopic (exact) mass is 344 g/mol. The second kappa shape index (κ2) is 6.46. The summed E-state index contributed by atoms with van der Waals surface area (Å²) < 4.78 is 20.7. The van der Waals surface area contributed by atoms with Crippen LogP contribution in [0.15, 0.2) is 18.2 Å². The van der Waals surface area contributed by atoms with Crippen LogP contribution < -0.4 is 10.1 Å². The van der Waals surface area contributed by atoms with E-state index in [1.165, 1.54) is 38.2 Å². The van der Waals surface area contributed by atoms with Crippen LogP contribution in [0.25, 0.3) is 0 Å². The molecule has 1 fully saturated rings. The number of ether oxygens (including phenoxy) is 1. The van der Waals surface area contributed by atoms with Crippen LogP contribution in [0, 0.1) is 5.82 Å². The molecule has 1 amide bonds. The van der Waals surface area contributed by atoms with E-state index in [0.29, 0.717) is 11.5 Å². The maximum atomic E-state index is 13.5. The summed E-state index contributed by atoms with van der Waals surface area (Å²) in [5.41, 5.74) is 0.403. The third kappa shape index (κ3) is 3.23. The second-order valence-electron chi connectivity index (χ2n) is 6.75. The molecular weight excluding hydrogens is 323 g/mol. The zero-order valence-electron chi connectivity index (χ0n) is 14.2. The highest BCUT2D eigenvalue weighted by Gasteiger charge is 2.31. The summed E-state index contributed by atoms with van der Waals surface area (Å²) in [6, 6.07) is 4.23. The summed E-state index contributed by atoms with van der Waals surface area (Å²) in [7, 11) is 1.39. The Kier molecular flexibility index (Phi) is 4.15. The Balaban J connectivity index is 1.42. The van der Waals surface area contributed by atoms with Crippen LogP contribution in [0.2, 0.25) is 0 Å². The lowest BCUT2D eigenvalue weighted by molar-refractivity contribution is 0.0932. The molecule has 1 saturated carbocycles. The summed E-state index contributed by atoms with van der Waals surface area (Å²) in [6.07, 6.45) is 4.87. The van der Waals surface area contributed by atoms with Crippen molar-refractivity contribution in [2.75, 3.05) is 7.11 Å². The lowest BCUT2D eigenvalue weighted by Gasteiger charge is -2.16. The molecule has 1 aliphatic carbocycles. The number of aryl methyl sites for hydroxylation is 1. The maximum absolute atomic E-state index is 13.5. The third-order valence-corrected chi connectivity index (χ3v) is 4.96. The molecule has 2 aliphatic rings. The number of nitrogens with zero attached hydrogens (tertiary/aromatic N) is 3. The zero-order valence-corrected chi connectivity index (χ0v) is 14.2. The minimum atomic E-state index is -0.473. The number of hydrogen-bond donors (Lipinski definition) is 1. The fourth-order valence-electron chi connectivity index (χ4n) is 3.37. The Morgan fingerprint density at radius 3 is 2.88 bits per heavy atom. The number of carbonyl (C=O) groups is 1. The lowest BCUT2D eigenvalue weighted by Crippen LogP contribution is -2.35. The molecule has 0 saturated heterocycles. The predicted octanol–water partition coefficient (Wildman–Crippen LogP) is 2.44. The summed E-state index contributed by atoms with van der Waals surface area (Å²) in [4.78, 5) is 12.5. The van der Waals surface area contributed by atoms with E-state index in [2.05, 4.69) is 20.1 Å². The molecule has 7 heteroatoms. The van der Waals surface area contributed by atoms with Gasteiger partial charge in [0.15, 0.2) is 11.6 Å². The van der Waals surface area contributed by atoms with E-state index in [1.807, 2.05) is 0 Å². The molecule has 1 aromatic carbocycles. The highest BCUT2D eigenvalue weighted by atomic mass is 19.1. The average Bonchev–Trinajstić information content (AvgIpc) is 3.41. The van der Waals surface area contributed by atoms with Crippen molar-refractivity contribution in [2.45, 2.75) is 50.6 Å². The standard InChI is InChI=1S/C18H21FN4O2/c1-25-15-10-12(4-6-14(15)19)18(24)20-13-5-7-16-21-22-17(11-2-3-11)23(16)9-8-13/h4,6,10-11,13H,2-3,5,7-9H2,1H3,(H,20,24). The van der Waals surface area contributed by atoms with Gasteiger partial charge in [-0.05, 0) is 43.9 Å². The second-order valence-corrected chi connectivity index (χ2v) is 6.75. The molecule has 1 aromatic heterocycles. The van der Waals surface area contributed by atoms with E-state index >= 15 is 0 Å². The Bertz CT molecular complexity index is 800. The molecule has 132 valence electrons. The van der Waals surface area contributed by atoms with Crippen molar-refractivity contribution >= 4 is 5.91 Å². The molecule has 1 unspecified atom stereocenters. The first kappa shape index (κ1) is 16.1. The van der Waals surface area contributed by atoms with Crippen LogP contribution in [0.5, 0.6) is 5.75 Å². The molecule has 6 nitrogen and oxygen atoms in total. The zero-order chi connectivity index (χ0) is 17.4. The first-order chi connectivity index (χ1) is 12.2. The molecule has 0 bridgehead atoms.